The number of rotatable bonds is 5. The van der Waals surface area contributed by atoms with Crippen LogP contribution in [0.4, 0.5) is 11.4 Å². The van der Waals surface area contributed by atoms with Crippen LogP contribution in [0.1, 0.15) is 6.42 Å². The Morgan fingerprint density at radius 2 is 2.35 bits per heavy atom. The Morgan fingerprint density at radius 1 is 1.55 bits per heavy atom. The van der Waals surface area contributed by atoms with Gasteiger partial charge in [-0.05, 0) is 24.1 Å². The number of ether oxygens (including phenoxy) is 1. The highest BCUT2D eigenvalue weighted by atomic mass is 35.5. The standard InChI is InChI=1S/C14H17ClN2O3/c1-20-9-13(18)16-11-3-2-4-12(6-11)17-8-10(7-15)5-14(17)19/h2-4,6,10H,5,7-9H2,1H3,(H,16,18). The highest BCUT2D eigenvalue weighted by molar-refractivity contribution is 6.18. The third-order valence-electron chi connectivity index (χ3n) is 3.14. The molecule has 5 nitrogen and oxygen atoms in total. The van der Waals surface area contributed by atoms with Crippen LogP contribution in [0.2, 0.25) is 0 Å². The lowest BCUT2D eigenvalue weighted by Gasteiger charge is -2.17. The van der Waals surface area contributed by atoms with Crippen molar-refractivity contribution in [2.75, 3.05) is 36.4 Å². The molecule has 1 aromatic carbocycles. The number of alkyl halides is 1. The average Bonchev–Trinajstić information content (AvgIpc) is 2.80. The van der Waals surface area contributed by atoms with Crippen molar-refractivity contribution >= 4 is 34.8 Å². The third kappa shape index (κ3) is 3.49. The number of anilines is 2. The van der Waals surface area contributed by atoms with Crippen LogP contribution >= 0.6 is 11.6 Å². The minimum absolute atomic E-state index is 0.00118. The summed E-state index contributed by atoms with van der Waals surface area (Å²) in [5.41, 5.74) is 1.42. The van der Waals surface area contributed by atoms with Crippen molar-refractivity contribution in [2.45, 2.75) is 6.42 Å². The molecule has 0 saturated carbocycles. The van der Waals surface area contributed by atoms with Gasteiger partial charge < -0.3 is 15.0 Å². The van der Waals surface area contributed by atoms with Crippen LogP contribution in [0.3, 0.4) is 0 Å². The summed E-state index contributed by atoms with van der Waals surface area (Å²) < 4.78 is 4.76. The molecular weight excluding hydrogens is 280 g/mol. The Hall–Kier alpha value is -1.59. The maximum Gasteiger partial charge on any atom is 0.250 e. The lowest BCUT2D eigenvalue weighted by atomic mass is 10.1. The first-order chi connectivity index (χ1) is 9.63. The van der Waals surface area contributed by atoms with E-state index >= 15 is 0 Å². The molecule has 6 heteroatoms. The molecule has 1 atom stereocenters. The highest BCUT2D eigenvalue weighted by Gasteiger charge is 2.29. The van der Waals surface area contributed by atoms with E-state index in [1.165, 1.54) is 7.11 Å². The van der Waals surface area contributed by atoms with E-state index in [9.17, 15) is 9.59 Å². The van der Waals surface area contributed by atoms with Gasteiger partial charge in [-0.1, -0.05) is 6.07 Å². The number of hydrogen-bond donors (Lipinski definition) is 1. The van der Waals surface area contributed by atoms with Crippen LogP contribution in [0.15, 0.2) is 24.3 Å². The van der Waals surface area contributed by atoms with Gasteiger partial charge >= 0.3 is 0 Å². The summed E-state index contributed by atoms with van der Waals surface area (Å²) in [5.74, 6) is 0.509. The van der Waals surface area contributed by atoms with E-state index in [1.54, 1.807) is 23.1 Å². The molecule has 20 heavy (non-hydrogen) atoms. The molecule has 1 aliphatic heterocycles. The van der Waals surface area contributed by atoms with Crippen LogP contribution < -0.4 is 10.2 Å². The van der Waals surface area contributed by atoms with Crippen molar-refractivity contribution in [1.82, 2.24) is 0 Å². The van der Waals surface area contributed by atoms with Gasteiger partial charge in [0.1, 0.15) is 6.61 Å². The Kier molecular flexibility index (Phi) is 4.98. The number of hydrogen-bond acceptors (Lipinski definition) is 3. The molecule has 1 saturated heterocycles. The molecule has 1 aliphatic rings. The molecule has 0 aliphatic carbocycles. The van der Waals surface area contributed by atoms with E-state index in [0.717, 1.165) is 5.69 Å². The summed E-state index contributed by atoms with van der Waals surface area (Å²) in [4.78, 5) is 25.1. The van der Waals surface area contributed by atoms with Gasteiger partial charge in [-0.2, -0.15) is 0 Å². The molecule has 2 rings (SSSR count). The number of benzene rings is 1. The van der Waals surface area contributed by atoms with Crippen LogP contribution in [0.25, 0.3) is 0 Å². The number of nitrogens with zero attached hydrogens (tertiary/aromatic N) is 1. The molecule has 0 bridgehead atoms. The zero-order chi connectivity index (χ0) is 14.5. The Labute approximate surface area is 122 Å². The first-order valence-electron chi connectivity index (χ1n) is 6.39. The molecule has 108 valence electrons. The van der Waals surface area contributed by atoms with Crippen LogP contribution in [0, 0.1) is 5.92 Å². The first kappa shape index (κ1) is 14.8. The lowest BCUT2D eigenvalue weighted by molar-refractivity contribution is -0.119. The predicted octanol–water partition coefficient (Wildman–Crippen LogP) is 1.86. The molecule has 0 aromatic heterocycles. The number of halogens is 1. The second kappa shape index (κ2) is 6.72. The Bertz CT molecular complexity index is 507. The monoisotopic (exact) mass is 296 g/mol. The molecule has 1 aromatic rings. The normalized spacial score (nSPS) is 18.4. The summed E-state index contributed by atoms with van der Waals surface area (Å²) in [5, 5.41) is 2.72. The first-order valence-corrected chi connectivity index (χ1v) is 6.92. The maximum absolute atomic E-state index is 11.9. The second-order valence-corrected chi connectivity index (χ2v) is 5.07. The van der Waals surface area contributed by atoms with Crippen LogP contribution in [-0.4, -0.2) is 38.0 Å². The molecule has 1 heterocycles. The topological polar surface area (TPSA) is 58.6 Å². The fourth-order valence-corrected chi connectivity index (χ4v) is 2.42. The van der Waals surface area contributed by atoms with E-state index in [0.29, 0.717) is 24.5 Å². The van der Waals surface area contributed by atoms with Gasteiger partial charge in [-0.25, -0.2) is 0 Å². The molecule has 1 N–H and O–H groups in total. The summed E-state index contributed by atoms with van der Waals surface area (Å²) in [6, 6.07) is 7.21. The van der Waals surface area contributed by atoms with E-state index in [2.05, 4.69) is 5.32 Å². The zero-order valence-corrected chi connectivity index (χ0v) is 12.0. The minimum atomic E-state index is -0.226. The summed E-state index contributed by atoms with van der Waals surface area (Å²) in [7, 11) is 1.46. The molecule has 1 fully saturated rings. The van der Waals surface area contributed by atoms with Gasteiger partial charge in [-0.3, -0.25) is 9.59 Å². The van der Waals surface area contributed by atoms with Gasteiger partial charge in [0.15, 0.2) is 0 Å². The Balaban J connectivity index is 2.10. The smallest absolute Gasteiger partial charge is 0.250 e. The van der Waals surface area contributed by atoms with E-state index in [1.807, 2.05) is 6.07 Å². The van der Waals surface area contributed by atoms with E-state index in [-0.39, 0.29) is 24.3 Å². The fraction of sp³-hybridized carbons (Fsp3) is 0.429. The number of carbonyl (C=O) groups is 2. The number of amides is 2. The molecule has 0 spiro atoms. The molecule has 1 unspecified atom stereocenters. The molecular formula is C14H17ClN2O3. The lowest BCUT2D eigenvalue weighted by Crippen LogP contribution is -2.25. The van der Waals surface area contributed by atoms with E-state index in [4.69, 9.17) is 16.3 Å². The summed E-state index contributed by atoms with van der Waals surface area (Å²) >= 11 is 5.81. The van der Waals surface area contributed by atoms with Crippen molar-refractivity contribution in [1.29, 1.82) is 0 Å². The van der Waals surface area contributed by atoms with Crippen molar-refractivity contribution in [2.24, 2.45) is 5.92 Å². The highest BCUT2D eigenvalue weighted by Crippen LogP contribution is 2.27. The van der Waals surface area contributed by atoms with E-state index < -0.39 is 0 Å². The summed E-state index contributed by atoms with van der Waals surface area (Å²) in [6.07, 6.45) is 0.476. The number of nitrogens with one attached hydrogen (secondary N) is 1. The van der Waals surface area contributed by atoms with Gasteiger partial charge in [0.25, 0.3) is 0 Å². The summed E-state index contributed by atoms with van der Waals surface area (Å²) in [6.45, 7) is 0.624. The van der Waals surface area contributed by atoms with Crippen molar-refractivity contribution < 1.29 is 14.3 Å². The number of methoxy groups -OCH3 is 1. The van der Waals surface area contributed by atoms with Crippen molar-refractivity contribution in [3.8, 4) is 0 Å². The van der Waals surface area contributed by atoms with Crippen molar-refractivity contribution in [3.05, 3.63) is 24.3 Å². The van der Waals surface area contributed by atoms with Gasteiger partial charge in [0.2, 0.25) is 11.8 Å². The van der Waals surface area contributed by atoms with Gasteiger partial charge in [0, 0.05) is 37.3 Å². The molecule has 0 radical (unpaired) electrons. The minimum Gasteiger partial charge on any atom is -0.375 e. The quantitative estimate of drug-likeness (QED) is 0.844. The van der Waals surface area contributed by atoms with Crippen molar-refractivity contribution in [3.63, 3.8) is 0 Å². The van der Waals surface area contributed by atoms with Crippen LogP contribution in [0.5, 0.6) is 0 Å². The third-order valence-corrected chi connectivity index (χ3v) is 3.58. The van der Waals surface area contributed by atoms with Gasteiger partial charge in [0.05, 0.1) is 0 Å². The predicted molar refractivity (Wildman–Crippen MR) is 78.1 cm³/mol. The SMILES string of the molecule is COCC(=O)Nc1cccc(N2CC(CCl)CC2=O)c1. The van der Waals surface area contributed by atoms with Gasteiger partial charge in [-0.15, -0.1) is 11.6 Å². The zero-order valence-electron chi connectivity index (χ0n) is 11.3. The molecule has 2 amide bonds. The largest absolute Gasteiger partial charge is 0.375 e. The fourth-order valence-electron chi connectivity index (χ4n) is 2.21. The maximum atomic E-state index is 11.9. The number of carbonyl (C=O) groups excluding carboxylic acids is 2. The Morgan fingerprint density at radius 3 is 3.00 bits per heavy atom. The van der Waals surface area contributed by atoms with Crippen LogP contribution in [-0.2, 0) is 14.3 Å². The average molecular weight is 297 g/mol. The second-order valence-electron chi connectivity index (χ2n) is 4.76.